The van der Waals surface area contributed by atoms with E-state index in [1.165, 1.54) is 12.0 Å². The molecule has 0 saturated carbocycles. The maximum absolute atomic E-state index is 10.1. The molecule has 0 fully saturated rings. The Hall–Kier alpha value is -1.08. The molecule has 0 aromatic heterocycles. The number of hydrogen-bond acceptors (Lipinski definition) is 1. The van der Waals surface area contributed by atoms with Gasteiger partial charge in [-0.25, -0.2) is 0 Å². The standard InChI is InChI=1S/C14H18O/c15-14-11-7-2-1-6-10-13(14)12-8-4-3-5-9-12/h3-6,8-10,13-15H,1-2,7,11H2/b10-6-/t13-,14+/m0/s1. The molecule has 0 heterocycles. The maximum Gasteiger partial charge on any atom is 0.0643 e. The van der Waals surface area contributed by atoms with E-state index in [0.29, 0.717) is 0 Å². The summed E-state index contributed by atoms with van der Waals surface area (Å²) in [5, 5.41) is 10.1. The highest BCUT2D eigenvalue weighted by Crippen LogP contribution is 2.26. The topological polar surface area (TPSA) is 20.2 Å². The van der Waals surface area contributed by atoms with E-state index in [1.807, 2.05) is 18.2 Å². The fourth-order valence-corrected chi connectivity index (χ4v) is 2.17. The SMILES string of the molecule is O[C@@H]1CCCC/C=C\[C@H]1c1ccccc1. The van der Waals surface area contributed by atoms with Crippen LogP contribution in [0.1, 0.15) is 37.2 Å². The van der Waals surface area contributed by atoms with Crippen molar-refractivity contribution in [2.24, 2.45) is 0 Å². The smallest absolute Gasteiger partial charge is 0.0643 e. The Balaban J connectivity index is 2.20. The van der Waals surface area contributed by atoms with Gasteiger partial charge in [-0.3, -0.25) is 0 Å². The zero-order valence-electron chi connectivity index (χ0n) is 8.97. The van der Waals surface area contributed by atoms with Gasteiger partial charge in [-0.05, 0) is 24.8 Å². The first-order valence-electron chi connectivity index (χ1n) is 5.77. The van der Waals surface area contributed by atoms with Gasteiger partial charge in [0, 0.05) is 5.92 Å². The van der Waals surface area contributed by atoms with Gasteiger partial charge < -0.3 is 5.11 Å². The summed E-state index contributed by atoms with van der Waals surface area (Å²) in [5.74, 6) is 0.187. The van der Waals surface area contributed by atoms with Crippen LogP contribution in [0.15, 0.2) is 42.5 Å². The average Bonchev–Trinajstić information content (AvgIpc) is 2.25. The predicted octanol–water partition coefficient (Wildman–Crippen LogP) is 3.26. The number of hydrogen-bond donors (Lipinski definition) is 1. The molecule has 1 aliphatic rings. The van der Waals surface area contributed by atoms with E-state index in [0.717, 1.165) is 19.3 Å². The van der Waals surface area contributed by atoms with Crippen molar-refractivity contribution in [2.75, 3.05) is 0 Å². The summed E-state index contributed by atoms with van der Waals surface area (Å²) in [4.78, 5) is 0. The second-order valence-corrected chi connectivity index (χ2v) is 4.22. The molecule has 15 heavy (non-hydrogen) atoms. The molecular weight excluding hydrogens is 184 g/mol. The third kappa shape index (κ3) is 2.69. The van der Waals surface area contributed by atoms with Crippen molar-refractivity contribution in [3.8, 4) is 0 Å². The van der Waals surface area contributed by atoms with E-state index >= 15 is 0 Å². The van der Waals surface area contributed by atoms with Gasteiger partial charge in [-0.15, -0.1) is 0 Å². The lowest BCUT2D eigenvalue weighted by atomic mass is 9.88. The number of benzene rings is 1. The Kier molecular flexibility index (Phi) is 3.57. The number of aliphatic hydroxyl groups excluding tert-OH is 1. The molecule has 0 aliphatic heterocycles. The van der Waals surface area contributed by atoms with Crippen LogP contribution in [0, 0.1) is 0 Å². The first-order valence-corrected chi connectivity index (χ1v) is 5.77. The molecular formula is C14H18O. The molecule has 80 valence electrons. The van der Waals surface area contributed by atoms with Crippen LogP contribution in [0.5, 0.6) is 0 Å². The molecule has 1 aliphatic carbocycles. The van der Waals surface area contributed by atoms with Crippen LogP contribution in [0.3, 0.4) is 0 Å². The van der Waals surface area contributed by atoms with Crippen molar-refractivity contribution in [3.63, 3.8) is 0 Å². The monoisotopic (exact) mass is 202 g/mol. The third-order valence-electron chi connectivity index (χ3n) is 3.06. The van der Waals surface area contributed by atoms with Crippen LogP contribution in [0.4, 0.5) is 0 Å². The highest BCUT2D eigenvalue weighted by Gasteiger charge is 2.18. The quantitative estimate of drug-likeness (QED) is 0.693. The van der Waals surface area contributed by atoms with Crippen molar-refractivity contribution in [1.29, 1.82) is 0 Å². The van der Waals surface area contributed by atoms with E-state index in [1.54, 1.807) is 0 Å². The van der Waals surface area contributed by atoms with E-state index in [9.17, 15) is 5.11 Å². The van der Waals surface area contributed by atoms with E-state index < -0.39 is 0 Å². The van der Waals surface area contributed by atoms with Crippen LogP contribution < -0.4 is 0 Å². The molecule has 0 unspecified atom stereocenters. The molecule has 1 nitrogen and oxygen atoms in total. The Bertz CT molecular complexity index is 315. The summed E-state index contributed by atoms with van der Waals surface area (Å²) in [5.41, 5.74) is 1.23. The maximum atomic E-state index is 10.1. The van der Waals surface area contributed by atoms with Crippen molar-refractivity contribution in [3.05, 3.63) is 48.0 Å². The molecule has 2 atom stereocenters. The zero-order valence-corrected chi connectivity index (χ0v) is 8.97. The Morgan fingerprint density at radius 1 is 1.07 bits per heavy atom. The third-order valence-corrected chi connectivity index (χ3v) is 3.06. The summed E-state index contributed by atoms with van der Waals surface area (Å²) in [6, 6.07) is 10.3. The van der Waals surface area contributed by atoms with Crippen molar-refractivity contribution in [1.82, 2.24) is 0 Å². The first-order chi connectivity index (χ1) is 7.38. The largest absolute Gasteiger partial charge is 0.392 e. The van der Waals surface area contributed by atoms with Crippen LogP contribution in [-0.2, 0) is 0 Å². The van der Waals surface area contributed by atoms with Gasteiger partial charge >= 0.3 is 0 Å². The van der Waals surface area contributed by atoms with Gasteiger partial charge in [0.15, 0.2) is 0 Å². The molecule has 0 radical (unpaired) electrons. The minimum absolute atomic E-state index is 0.187. The first kappa shape index (κ1) is 10.4. The number of rotatable bonds is 1. The van der Waals surface area contributed by atoms with Gasteiger partial charge in [0.25, 0.3) is 0 Å². The molecule has 1 heteroatoms. The van der Waals surface area contributed by atoms with E-state index in [-0.39, 0.29) is 12.0 Å². The Morgan fingerprint density at radius 3 is 2.67 bits per heavy atom. The van der Waals surface area contributed by atoms with E-state index in [2.05, 4.69) is 24.3 Å². The van der Waals surface area contributed by atoms with Crippen LogP contribution >= 0.6 is 0 Å². The summed E-state index contributed by atoms with van der Waals surface area (Å²) in [7, 11) is 0. The van der Waals surface area contributed by atoms with Crippen molar-refractivity contribution in [2.45, 2.75) is 37.7 Å². The molecule has 1 aromatic carbocycles. The summed E-state index contributed by atoms with van der Waals surface area (Å²) in [6.07, 6.45) is 8.56. The Morgan fingerprint density at radius 2 is 1.87 bits per heavy atom. The molecule has 0 spiro atoms. The fourth-order valence-electron chi connectivity index (χ4n) is 2.17. The highest BCUT2D eigenvalue weighted by molar-refractivity contribution is 5.25. The number of allylic oxidation sites excluding steroid dienone is 1. The molecule has 0 saturated heterocycles. The van der Waals surface area contributed by atoms with Crippen molar-refractivity contribution >= 4 is 0 Å². The molecule has 0 amide bonds. The highest BCUT2D eigenvalue weighted by atomic mass is 16.3. The lowest BCUT2D eigenvalue weighted by molar-refractivity contribution is 0.144. The zero-order chi connectivity index (χ0) is 10.5. The summed E-state index contributed by atoms with van der Waals surface area (Å²) < 4.78 is 0. The van der Waals surface area contributed by atoms with Gasteiger partial charge in [-0.2, -0.15) is 0 Å². The lowest BCUT2D eigenvalue weighted by Gasteiger charge is -2.22. The van der Waals surface area contributed by atoms with Crippen LogP contribution in [0.25, 0.3) is 0 Å². The molecule has 2 rings (SSSR count). The fraction of sp³-hybridized carbons (Fsp3) is 0.429. The molecule has 1 aromatic rings. The van der Waals surface area contributed by atoms with Crippen LogP contribution in [0.2, 0.25) is 0 Å². The Labute approximate surface area is 91.4 Å². The molecule has 0 bridgehead atoms. The second-order valence-electron chi connectivity index (χ2n) is 4.22. The number of aliphatic hydroxyl groups is 1. The predicted molar refractivity (Wildman–Crippen MR) is 62.8 cm³/mol. The van der Waals surface area contributed by atoms with Gasteiger partial charge in [0.2, 0.25) is 0 Å². The minimum atomic E-state index is -0.219. The second kappa shape index (κ2) is 5.13. The summed E-state index contributed by atoms with van der Waals surface area (Å²) >= 11 is 0. The normalized spacial score (nSPS) is 29.1. The lowest BCUT2D eigenvalue weighted by Crippen LogP contribution is -2.17. The van der Waals surface area contributed by atoms with Gasteiger partial charge in [0.05, 0.1) is 6.10 Å². The van der Waals surface area contributed by atoms with Gasteiger partial charge in [0.1, 0.15) is 0 Å². The van der Waals surface area contributed by atoms with E-state index in [4.69, 9.17) is 0 Å². The van der Waals surface area contributed by atoms with Gasteiger partial charge in [-0.1, -0.05) is 48.9 Å². The summed E-state index contributed by atoms with van der Waals surface area (Å²) in [6.45, 7) is 0. The molecule has 1 N–H and O–H groups in total. The minimum Gasteiger partial charge on any atom is -0.392 e. The van der Waals surface area contributed by atoms with Crippen LogP contribution in [-0.4, -0.2) is 11.2 Å². The van der Waals surface area contributed by atoms with Crippen molar-refractivity contribution < 1.29 is 5.11 Å². The average molecular weight is 202 g/mol.